The zero-order valence-corrected chi connectivity index (χ0v) is 11.3. The lowest BCUT2D eigenvalue weighted by Crippen LogP contribution is -1.96. The van der Waals surface area contributed by atoms with Crippen LogP contribution in [0, 0.1) is 0 Å². The molecule has 2 rings (SSSR count). The molecule has 0 unspecified atom stereocenters. The molecule has 0 amide bonds. The fourth-order valence-corrected chi connectivity index (χ4v) is 3.36. The van der Waals surface area contributed by atoms with Crippen molar-refractivity contribution >= 4 is 46.4 Å². The highest BCUT2D eigenvalue weighted by molar-refractivity contribution is 9.10. The van der Waals surface area contributed by atoms with Crippen molar-refractivity contribution in [2.24, 2.45) is 0 Å². The molecular formula is C11H8BrClO2S. The normalized spacial score (nSPS) is 11.9. The first-order valence-corrected chi connectivity index (χ1v) is 7.83. The Labute approximate surface area is 107 Å². The SMILES string of the molecule is O=S(=O)(Cl)Cc1ccc2ccccc2c1Br. The van der Waals surface area contributed by atoms with E-state index in [0.717, 1.165) is 15.2 Å². The predicted octanol–water partition coefficient (Wildman–Crippen LogP) is 3.67. The lowest BCUT2D eigenvalue weighted by molar-refractivity contribution is 0.609. The van der Waals surface area contributed by atoms with Gasteiger partial charge in [-0.25, -0.2) is 8.42 Å². The molecule has 0 saturated carbocycles. The van der Waals surface area contributed by atoms with Gasteiger partial charge in [-0.15, -0.1) is 0 Å². The van der Waals surface area contributed by atoms with Crippen LogP contribution in [0.25, 0.3) is 10.8 Å². The molecule has 0 aliphatic carbocycles. The van der Waals surface area contributed by atoms with Gasteiger partial charge in [0, 0.05) is 15.2 Å². The van der Waals surface area contributed by atoms with E-state index in [1.165, 1.54) is 0 Å². The summed E-state index contributed by atoms with van der Waals surface area (Å²) in [7, 11) is 1.72. The molecule has 0 heterocycles. The predicted molar refractivity (Wildman–Crippen MR) is 70.1 cm³/mol. The average molecular weight is 320 g/mol. The van der Waals surface area contributed by atoms with Gasteiger partial charge in [-0.3, -0.25) is 0 Å². The van der Waals surface area contributed by atoms with Crippen LogP contribution in [-0.4, -0.2) is 8.42 Å². The summed E-state index contributed by atoms with van der Waals surface area (Å²) in [5.74, 6) is -0.167. The first-order valence-electron chi connectivity index (χ1n) is 4.56. The van der Waals surface area contributed by atoms with E-state index in [0.29, 0.717) is 5.56 Å². The second kappa shape index (κ2) is 4.35. The molecule has 0 radical (unpaired) electrons. The van der Waals surface area contributed by atoms with Crippen molar-refractivity contribution in [2.45, 2.75) is 5.75 Å². The van der Waals surface area contributed by atoms with Gasteiger partial charge in [0.25, 0.3) is 0 Å². The zero-order chi connectivity index (χ0) is 11.8. The first kappa shape index (κ1) is 11.9. The summed E-state index contributed by atoms with van der Waals surface area (Å²) < 4.78 is 22.9. The van der Waals surface area contributed by atoms with E-state index in [9.17, 15) is 8.42 Å². The van der Waals surface area contributed by atoms with Gasteiger partial charge in [0.1, 0.15) is 0 Å². The Morgan fingerprint density at radius 2 is 1.81 bits per heavy atom. The molecule has 16 heavy (non-hydrogen) atoms. The molecule has 2 nitrogen and oxygen atoms in total. The highest BCUT2D eigenvalue weighted by Crippen LogP contribution is 2.29. The van der Waals surface area contributed by atoms with Crippen LogP contribution in [0.5, 0.6) is 0 Å². The molecule has 0 fully saturated rings. The second-order valence-corrected chi connectivity index (χ2v) is 7.01. The third kappa shape index (κ3) is 2.56. The average Bonchev–Trinajstić information content (AvgIpc) is 2.21. The van der Waals surface area contributed by atoms with Crippen molar-refractivity contribution in [1.82, 2.24) is 0 Å². The van der Waals surface area contributed by atoms with Crippen molar-refractivity contribution in [3.05, 3.63) is 46.4 Å². The molecule has 2 aromatic carbocycles. The number of hydrogen-bond donors (Lipinski definition) is 0. The van der Waals surface area contributed by atoms with Crippen LogP contribution >= 0.6 is 26.6 Å². The molecule has 0 saturated heterocycles. The lowest BCUT2D eigenvalue weighted by atomic mass is 10.1. The van der Waals surface area contributed by atoms with E-state index in [4.69, 9.17) is 10.7 Å². The Balaban J connectivity index is 2.61. The van der Waals surface area contributed by atoms with E-state index < -0.39 is 9.05 Å². The van der Waals surface area contributed by atoms with Crippen LogP contribution in [-0.2, 0) is 14.8 Å². The molecule has 0 atom stereocenters. The highest BCUT2D eigenvalue weighted by atomic mass is 79.9. The Kier molecular flexibility index (Phi) is 3.24. The van der Waals surface area contributed by atoms with Gasteiger partial charge >= 0.3 is 0 Å². The summed E-state index contributed by atoms with van der Waals surface area (Å²) in [5.41, 5.74) is 0.675. The van der Waals surface area contributed by atoms with Crippen molar-refractivity contribution in [2.75, 3.05) is 0 Å². The Morgan fingerprint density at radius 3 is 2.50 bits per heavy atom. The van der Waals surface area contributed by atoms with Crippen LogP contribution in [0.3, 0.4) is 0 Å². The van der Waals surface area contributed by atoms with Gasteiger partial charge in [0.2, 0.25) is 9.05 Å². The summed E-state index contributed by atoms with van der Waals surface area (Å²) in [6.45, 7) is 0. The molecule has 2 aromatic rings. The third-order valence-electron chi connectivity index (χ3n) is 2.27. The van der Waals surface area contributed by atoms with Crippen molar-refractivity contribution in [3.8, 4) is 0 Å². The van der Waals surface area contributed by atoms with Gasteiger partial charge in [-0.05, 0) is 32.3 Å². The number of hydrogen-bond acceptors (Lipinski definition) is 2. The van der Waals surface area contributed by atoms with E-state index in [-0.39, 0.29) is 5.75 Å². The summed E-state index contributed by atoms with van der Waals surface area (Å²) in [6.07, 6.45) is 0. The minimum absolute atomic E-state index is 0.167. The first-order chi connectivity index (χ1) is 7.47. The topological polar surface area (TPSA) is 34.1 Å². The van der Waals surface area contributed by atoms with Crippen LogP contribution in [0.4, 0.5) is 0 Å². The fraction of sp³-hybridized carbons (Fsp3) is 0.0909. The lowest BCUT2D eigenvalue weighted by Gasteiger charge is -2.06. The van der Waals surface area contributed by atoms with E-state index in [1.54, 1.807) is 6.07 Å². The van der Waals surface area contributed by atoms with Crippen LogP contribution < -0.4 is 0 Å². The highest BCUT2D eigenvalue weighted by Gasteiger charge is 2.11. The molecule has 0 bridgehead atoms. The van der Waals surface area contributed by atoms with Gasteiger partial charge < -0.3 is 0 Å². The van der Waals surface area contributed by atoms with Crippen molar-refractivity contribution in [3.63, 3.8) is 0 Å². The summed E-state index contributed by atoms with van der Waals surface area (Å²) in [4.78, 5) is 0. The zero-order valence-electron chi connectivity index (χ0n) is 8.15. The molecule has 0 aliphatic heterocycles. The van der Waals surface area contributed by atoms with Gasteiger partial charge in [0.05, 0.1) is 5.75 Å². The quantitative estimate of drug-likeness (QED) is 0.792. The largest absolute Gasteiger partial charge is 0.236 e. The third-order valence-corrected chi connectivity index (χ3v) is 4.19. The molecule has 5 heteroatoms. The van der Waals surface area contributed by atoms with Crippen LogP contribution in [0.2, 0.25) is 0 Å². The molecule has 0 spiro atoms. The Morgan fingerprint density at radius 1 is 1.12 bits per heavy atom. The van der Waals surface area contributed by atoms with Gasteiger partial charge in [-0.1, -0.05) is 36.4 Å². The standard InChI is InChI=1S/C11H8BrClO2S/c12-11-9(7-16(13,14)15)6-5-8-3-1-2-4-10(8)11/h1-6H,7H2. The number of halogens is 2. The number of benzene rings is 2. The maximum atomic E-state index is 11.0. The molecule has 0 aliphatic rings. The maximum absolute atomic E-state index is 11.0. The maximum Gasteiger partial charge on any atom is 0.236 e. The van der Waals surface area contributed by atoms with Gasteiger partial charge in [-0.2, -0.15) is 0 Å². The van der Waals surface area contributed by atoms with Gasteiger partial charge in [0.15, 0.2) is 0 Å². The summed E-state index contributed by atoms with van der Waals surface area (Å²) in [5, 5.41) is 2.05. The fourth-order valence-electron chi connectivity index (χ4n) is 1.58. The Bertz CT molecular complexity index is 637. The second-order valence-electron chi connectivity index (χ2n) is 3.44. The molecule has 84 valence electrons. The van der Waals surface area contributed by atoms with Crippen molar-refractivity contribution < 1.29 is 8.42 Å². The minimum Gasteiger partial charge on any atom is -0.212 e. The number of rotatable bonds is 2. The van der Waals surface area contributed by atoms with E-state index >= 15 is 0 Å². The number of fused-ring (bicyclic) bond motifs is 1. The summed E-state index contributed by atoms with van der Waals surface area (Å²) >= 11 is 3.41. The van der Waals surface area contributed by atoms with Crippen LogP contribution in [0.1, 0.15) is 5.56 Å². The molecule has 0 aromatic heterocycles. The van der Waals surface area contributed by atoms with E-state index in [2.05, 4.69) is 15.9 Å². The van der Waals surface area contributed by atoms with Crippen LogP contribution in [0.15, 0.2) is 40.9 Å². The van der Waals surface area contributed by atoms with Crippen molar-refractivity contribution in [1.29, 1.82) is 0 Å². The monoisotopic (exact) mass is 318 g/mol. The molecular weight excluding hydrogens is 312 g/mol. The molecule has 0 N–H and O–H groups in total. The van der Waals surface area contributed by atoms with E-state index in [1.807, 2.05) is 30.3 Å². The summed E-state index contributed by atoms with van der Waals surface area (Å²) in [6, 6.07) is 11.4. The Hall–Kier alpha value is -0.580. The smallest absolute Gasteiger partial charge is 0.212 e. The minimum atomic E-state index is -3.53.